The van der Waals surface area contributed by atoms with E-state index in [-0.39, 0.29) is 17.7 Å². The van der Waals surface area contributed by atoms with Gasteiger partial charge in [0, 0.05) is 14.7 Å². The fourth-order valence-corrected chi connectivity index (χ4v) is 3.54. The van der Waals surface area contributed by atoms with Gasteiger partial charge in [-0.3, -0.25) is 14.5 Å². The molecule has 1 aliphatic rings. The summed E-state index contributed by atoms with van der Waals surface area (Å²) in [5.74, 6) is 1.98. The normalized spacial score (nSPS) is 17.9. The molecule has 1 saturated heterocycles. The molecule has 86 valence electrons. The topological polar surface area (TPSA) is 37.4 Å². The first-order valence-electron chi connectivity index (χ1n) is 4.54. The van der Waals surface area contributed by atoms with Crippen LogP contribution in [0.15, 0.2) is 20.8 Å². The van der Waals surface area contributed by atoms with Crippen LogP contribution in [0.5, 0.6) is 0 Å². The molecule has 1 aromatic rings. The molecule has 0 N–H and O–H groups in total. The predicted molar refractivity (Wildman–Crippen MR) is 73.5 cm³/mol. The SMILES string of the molecule is C#CCN1C(=O)S/C(=C/c2cc(Br)cs2)C1=O. The Balaban J connectivity index is 2.25. The van der Waals surface area contributed by atoms with E-state index in [1.807, 2.05) is 11.4 Å². The van der Waals surface area contributed by atoms with Crippen LogP contribution in [-0.4, -0.2) is 22.6 Å². The molecule has 0 radical (unpaired) electrons. The Morgan fingerprint density at radius 2 is 2.29 bits per heavy atom. The number of thiophene rings is 1. The molecule has 2 amide bonds. The van der Waals surface area contributed by atoms with Crippen LogP contribution in [0.3, 0.4) is 0 Å². The van der Waals surface area contributed by atoms with Crippen LogP contribution in [0.1, 0.15) is 4.88 Å². The summed E-state index contributed by atoms with van der Waals surface area (Å²) in [4.78, 5) is 25.7. The fraction of sp³-hybridized carbons (Fsp3) is 0.0909. The number of rotatable bonds is 2. The van der Waals surface area contributed by atoms with Gasteiger partial charge in [0.25, 0.3) is 11.1 Å². The molecular weight excluding hydrogens is 322 g/mol. The van der Waals surface area contributed by atoms with Crippen molar-refractivity contribution in [2.24, 2.45) is 0 Å². The van der Waals surface area contributed by atoms with Crippen LogP contribution in [-0.2, 0) is 4.79 Å². The molecular formula is C11H6BrNO2S2. The number of hydrogen-bond acceptors (Lipinski definition) is 4. The van der Waals surface area contributed by atoms with Gasteiger partial charge in [0.1, 0.15) is 0 Å². The first-order valence-corrected chi connectivity index (χ1v) is 7.03. The van der Waals surface area contributed by atoms with Crippen molar-refractivity contribution in [1.29, 1.82) is 0 Å². The van der Waals surface area contributed by atoms with Crippen LogP contribution in [0, 0.1) is 12.3 Å². The average molecular weight is 328 g/mol. The Kier molecular flexibility index (Phi) is 3.72. The van der Waals surface area contributed by atoms with E-state index in [0.29, 0.717) is 4.91 Å². The third kappa shape index (κ3) is 2.63. The van der Waals surface area contributed by atoms with Gasteiger partial charge in [0.15, 0.2) is 0 Å². The number of amides is 2. The van der Waals surface area contributed by atoms with Crippen LogP contribution in [0.2, 0.25) is 0 Å². The molecule has 17 heavy (non-hydrogen) atoms. The van der Waals surface area contributed by atoms with Gasteiger partial charge >= 0.3 is 0 Å². The van der Waals surface area contributed by atoms with Crippen molar-refractivity contribution in [1.82, 2.24) is 4.90 Å². The average Bonchev–Trinajstić information content (AvgIpc) is 2.79. The number of halogens is 1. The highest BCUT2D eigenvalue weighted by atomic mass is 79.9. The van der Waals surface area contributed by atoms with E-state index in [9.17, 15) is 9.59 Å². The minimum absolute atomic E-state index is 0.0239. The second-order valence-electron chi connectivity index (χ2n) is 3.14. The van der Waals surface area contributed by atoms with Crippen molar-refractivity contribution in [2.45, 2.75) is 0 Å². The first kappa shape index (κ1) is 12.4. The maximum atomic E-state index is 11.8. The van der Waals surface area contributed by atoms with Gasteiger partial charge in [-0.2, -0.15) is 0 Å². The lowest BCUT2D eigenvalue weighted by molar-refractivity contribution is -0.122. The van der Waals surface area contributed by atoms with Crippen molar-refractivity contribution in [3.05, 3.63) is 25.7 Å². The van der Waals surface area contributed by atoms with E-state index < -0.39 is 0 Å². The molecule has 1 aliphatic heterocycles. The highest BCUT2D eigenvalue weighted by Crippen LogP contribution is 2.33. The monoisotopic (exact) mass is 327 g/mol. The Morgan fingerprint density at radius 3 is 2.88 bits per heavy atom. The van der Waals surface area contributed by atoms with Gasteiger partial charge in [-0.15, -0.1) is 17.8 Å². The molecule has 0 saturated carbocycles. The second-order valence-corrected chi connectivity index (χ2v) is 5.99. The van der Waals surface area contributed by atoms with Gasteiger partial charge in [-0.25, -0.2) is 0 Å². The zero-order chi connectivity index (χ0) is 12.4. The van der Waals surface area contributed by atoms with Gasteiger partial charge in [0.05, 0.1) is 11.4 Å². The molecule has 3 nitrogen and oxygen atoms in total. The molecule has 1 fully saturated rings. The number of terminal acetylenes is 1. The van der Waals surface area contributed by atoms with Crippen molar-refractivity contribution < 1.29 is 9.59 Å². The summed E-state index contributed by atoms with van der Waals surface area (Å²) < 4.78 is 0.955. The number of thioether (sulfide) groups is 1. The Labute approximate surface area is 115 Å². The summed E-state index contributed by atoms with van der Waals surface area (Å²) in [7, 11) is 0. The van der Waals surface area contributed by atoms with Crippen LogP contribution in [0.4, 0.5) is 4.79 Å². The van der Waals surface area contributed by atoms with Crippen molar-refractivity contribution in [2.75, 3.05) is 6.54 Å². The summed E-state index contributed by atoms with van der Waals surface area (Å²) in [6.07, 6.45) is 6.81. The van der Waals surface area contributed by atoms with Crippen molar-refractivity contribution in [3.8, 4) is 12.3 Å². The van der Waals surface area contributed by atoms with Crippen molar-refractivity contribution >= 4 is 56.3 Å². The lowest BCUT2D eigenvalue weighted by Gasteiger charge is -2.06. The number of hydrogen-bond donors (Lipinski definition) is 0. The number of nitrogens with zero attached hydrogens (tertiary/aromatic N) is 1. The zero-order valence-electron chi connectivity index (χ0n) is 8.47. The standard InChI is InChI=1S/C11H6BrNO2S2/c1-2-3-13-10(14)9(17-11(13)15)5-8-4-7(12)6-16-8/h1,4-6H,3H2/b9-5+. The first-order chi connectivity index (χ1) is 8.11. The molecule has 6 heteroatoms. The molecule has 0 spiro atoms. The maximum Gasteiger partial charge on any atom is 0.294 e. The number of carbonyl (C=O) groups is 2. The minimum atomic E-state index is -0.317. The van der Waals surface area contributed by atoms with E-state index in [4.69, 9.17) is 6.42 Å². The highest BCUT2D eigenvalue weighted by molar-refractivity contribution is 9.10. The lowest BCUT2D eigenvalue weighted by Crippen LogP contribution is -2.28. The third-order valence-electron chi connectivity index (χ3n) is 1.98. The summed E-state index contributed by atoms with van der Waals surface area (Å²) in [6.45, 7) is 0.0239. The Bertz CT molecular complexity index is 556. The molecule has 2 rings (SSSR count). The van der Waals surface area contributed by atoms with E-state index in [2.05, 4.69) is 21.9 Å². The Morgan fingerprint density at radius 1 is 1.53 bits per heavy atom. The van der Waals surface area contributed by atoms with Crippen LogP contribution < -0.4 is 0 Å². The molecule has 0 aliphatic carbocycles. The smallest absolute Gasteiger partial charge is 0.268 e. The summed E-state index contributed by atoms with van der Waals surface area (Å²) in [6, 6.07) is 1.89. The van der Waals surface area contributed by atoms with Crippen molar-refractivity contribution in [3.63, 3.8) is 0 Å². The molecule has 0 bridgehead atoms. The maximum absolute atomic E-state index is 11.8. The highest BCUT2D eigenvalue weighted by Gasteiger charge is 2.34. The second kappa shape index (κ2) is 5.08. The molecule has 0 aromatic carbocycles. The van der Waals surface area contributed by atoms with E-state index >= 15 is 0 Å². The molecule has 0 unspecified atom stereocenters. The largest absolute Gasteiger partial charge is 0.294 e. The van der Waals surface area contributed by atoms with E-state index in [1.165, 1.54) is 11.3 Å². The van der Waals surface area contributed by atoms with Gasteiger partial charge < -0.3 is 0 Å². The minimum Gasteiger partial charge on any atom is -0.268 e. The third-order valence-corrected chi connectivity index (χ3v) is 4.53. The van der Waals surface area contributed by atoms with E-state index in [1.54, 1.807) is 6.08 Å². The predicted octanol–water partition coefficient (Wildman–Crippen LogP) is 3.18. The quantitative estimate of drug-likeness (QED) is 0.618. The lowest BCUT2D eigenvalue weighted by atomic mass is 10.4. The molecule has 1 aromatic heterocycles. The van der Waals surface area contributed by atoms with Crippen LogP contribution in [0.25, 0.3) is 6.08 Å². The van der Waals surface area contributed by atoms with Gasteiger partial charge in [0.2, 0.25) is 0 Å². The fourth-order valence-electron chi connectivity index (χ4n) is 1.26. The zero-order valence-corrected chi connectivity index (χ0v) is 11.7. The van der Waals surface area contributed by atoms with Crippen LogP contribution >= 0.6 is 39.0 Å². The number of carbonyl (C=O) groups excluding carboxylic acids is 2. The molecule has 2 heterocycles. The Hall–Kier alpha value is -1.03. The summed E-state index contributed by atoms with van der Waals surface area (Å²) in [5, 5.41) is 1.60. The number of imide groups is 1. The van der Waals surface area contributed by atoms with Gasteiger partial charge in [-0.05, 0) is 39.8 Å². The molecule has 0 atom stereocenters. The van der Waals surface area contributed by atoms with E-state index in [0.717, 1.165) is 26.0 Å². The summed E-state index contributed by atoms with van der Waals surface area (Å²) in [5.41, 5.74) is 0. The van der Waals surface area contributed by atoms with Gasteiger partial charge in [-0.1, -0.05) is 5.92 Å². The summed E-state index contributed by atoms with van der Waals surface area (Å²) >= 11 is 5.75.